The van der Waals surface area contributed by atoms with Crippen LogP contribution in [-0.4, -0.2) is 40.4 Å². The van der Waals surface area contributed by atoms with Gasteiger partial charge in [-0.05, 0) is 30.9 Å². The first-order valence-corrected chi connectivity index (χ1v) is 8.30. The Morgan fingerprint density at radius 1 is 1.25 bits per heavy atom. The lowest BCUT2D eigenvalue weighted by molar-refractivity contribution is 0.321. The van der Waals surface area contributed by atoms with E-state index >= 15 is 0 Å². The van der Waals surface area contributed by atoms with Crippen LogP contribution >= 0.6 is 0 Å². The Kier molecular flexibility index (Phi) is 4.25. The largest absolute Gasteiger partial charge is 0.396 e. The summed E-state index contributed by atoms with van der Waals surface area (Å²) in [6.07, 6.45) is 3.79. The zero-order valence-corrected chi connectivity index (χ0v) is 13.2. The molecule has 0 spiro atoms. The van der Waals surface area contributed by atoms with Crippen LogP contribution in [0.25, 0.3) is 0 Å². The van der Waals surface area contributed by atoms with Crippen molar-refractivity contribution in [3.05, 3.63) is 18.2 Å². The van der Waals surface area contributed by atoms with Gasteiger partial charge in [0.2, 0.25) is 10.0 Å². The van der Waals surface area contributed by atoms with E-state index in [-0.39, 0.29) is 4.90 Å². The minimum Gasteiger partial charge on any atom is -0.396 e. The molecule has 1 aliphatic rings. The summed E-state index contributed by atoms with van der Waals surface area (Å²) < 4.78 is 25.7. The smallest absolute Gasteiger partial charge is 0.244 e. The zero-order valence-electron chi connectivity index (χ0n) is 12.3. The molecule has 20 heavy (non-hydrogen) atoms. The summed E-state index contributed by atoms with van der Waals surface area (Å²) in [5.41, 5.74) is 7.22. The van der Waals surface area contributed by atoms with Crippen LogP contribution in [0.1, 0.15) is 19.3 Å². The number of nitrogen functional groups attached to an aromatic ring is 1. The van der Waals surface area contributed by atoms with Crippen molar-refractivity contribution in [3.63, 3.8) is 0 Å². The van der Waals surface area contributed by atoms with Crippen LogP contribution in [0.5, 0.6) is 0 Å². The van der Waals surface area contributed by atoms with E-state index in [0.29, 0.717) is 11.6 Å². The van der Waals surface area contributed by atoms with Gasteiger partial charge in [-0.1, -0.05) is 12.5 Å². The van der Waals surface area contributed by atoms with Crippen molar-refractivity contribution >= 4 is 21.4 Å². The second-order valence-electron chi connectivity index (χ2n) is 5.65. The Bertz CT molecular complexity index is 580. The van der Waals surface area contributed by atoms with E-state index in [1.807, 2.05) is 13.1 Å². The Hall–Kier alpha value is -1.27. The van der Waals surface area contributed by atoms with Crippen LogP contribution in [0, 0.1) is 5.92 Å². The van der Waals surface area contributed by atoms with Crippen molar-refractivity contribution < 1.29 is 8.42 Å². The highest BCUT2D eigenvalue weighted by atomic mass is 32.2. The Morgan fingerprint density at radius 3 is 2.40 bits per heavy atom. The van der Waals surface area contributed by atoms with Crippen LogP contribution in [0.15, 0.2) is 23.1 Å². The van der Waals surface area contributed by atoms with E-state index in [4.69, 9.17) is 5.73 Å². The fourth-order valence-electron chi connectivity index (χ4n) is 2.45. The molecule has 0 unspecified atom stereocenters. The monoisotopic (exact) mass is 297 g/mol. The molecule has 112 valence electrons. The molecule has 0 bridgehead atoms. The van der Waals surface area contributed by atoms with Crippen molar-refractivity contribution in [2.45, 2.75) is 24.2 Å². The molecule has 2 rings (SSSR count). The van der Waals surface area contributed by atoms with Gasteiger partial charge in [-0.15, -0.1) is 0 Å². The first-order chi connectivity index (χ1) is 9.34. The number of nitrogens with zero attached hydrogens (tertiary/aromatic N) is 2. The summed E-state index contributed by atoms with van der Waals surface area (Å²) in [6.45, 7) is 0.926. The summed E-state index contributed by atoms with van der Waals surface area (Å²) in [4.78, 5) is 2.24. The van der Waals surface area contributed by atoms with Gasteiger partial charge in [-0.3, -0.25) is 0 Å². The first kappa shape index (κ1) is 15.1. The van der Waals surface area contributed by atoms with Gasteiger partial charge in [0.1, 0.15) is 4.90 Å². The lowest BCUT2D eigenvalue weighted by Gasteiger charge is -2.32. The van der Waals surface area contributed by atoms with E-state index in [1.165, 1.54) is 37.7 Å². The molecule has 0 saturated heterocycles. The minimum atomic E-state index is -3.50. The molecule has 0 radical (unpaired) electrons. The van der Waals surface area contributed by atoms with Crippen LogP contribution in [0.3, 0.4) is 0 Å². The van der Waals surface area contributed by atoms with Crippen molar-refractivity contribution in [1.29, 1.82) is 0 Å². The standard InChI is InChI=1S/C14H23N3O2S/c1-16(2)20(18,19)13-9-5-8-12(14(13)15)17(3)10-11-6-4-7-11/h5,8-9,11H,4,6-7,10,15H2,1-3H3. The lowest BCUT2D eigenvalue weighted by atomic mass is 9.85. The molecular weight excluding hydrogens is 274 g/mol. The highest BCUT2D eigenvalue weighted by Crippen LogP contribution is 2.33. The first-order valence-electron chi connectivity index (χ1n) is 6.86. The van der Waals surface area contributed by atoms with Gasteiger partial charge in [0.05, 0.1) is 11.4 Å². The predicted molar refractivity (Wildman–Crippen MR) is 82.3 cm³/mol. The van der Waals surface area contributed by atoms with Gasteiger partial charge in [0, 0.05) is 27.7 Å². The maximum atomic E-state index is 12.2. The van der Waals surface area contributed by atoms with Crippen molar-refractivity contribution in [2.75, 3.05) is 38.3 Å². The average Bonchev–Trinajstić information content (AvgIpc) is 2.33. The van der Waals surface area contributed by atoms with Gasteiger partial charge >= 0.3 is 0 Å². The third kappa shape index (κ3) is 2.76. The number of rotatable bonds is 5. The fraction of sp³-hybridized carbons (Fsp3) is 0.571. The average molecular weight is 297 g/mol. The van der Waals surface area contributed by atoms with Gasteiger partial charge in [0.15, 0.2) is 0 Å². The Balaban J connectivity index is 2.31. The fourth-order valence-corrected chi connectivity index (χ4v) is 3.47. The summed E-state index contributed by atoms with van der Waals surface area (Å²) in [5.74, 6) is 0.702. The molecule has 2 N–H and O–H groups in total. The van der Waals surface area contributed by atoms with Crippen molar-refractivity contribution in [3.8, 4) is 0 Å². The predicted octanol–water partition coefficient (Wildman–Crippen LogP) is 1.76. The molecule has 0 heterocycles. The molecular formula is C14H23N3O2S. The second-order valence-corrected chi connectivity index (χ2v) is 7.77. The molecule has 1 fully saturated rings. The van der Waals surface area contributed by atoms with Crippen LogP contribution < -0.4 is 10.6 Å². The Labute approximate surface area is 121 Å². The van der Waals surface area contributed by atoms with Crippen LogP contribution in [-0.2, 0) is 10.0 Å². The van der Waals surface area contributed by atoms with E-state index in [9.17, 15) is 8.42 Å². The number of hydrogen-bond donors (Lipinski definition) is 1. The zero-order chi connectivity index (χ0) is 14.9. The van der Waals surface area contributed by atoms with Gasteiger partial charge in [-0.25, -0.2) is 12.7 Å². The summed E-state index contributed by atoms with van der Waals surface area (Å²) in [7, 11) is 1.49. The second kappa shape index (κ2) is 5.61. The molecule has 0 aromatic heterocycles. The van der Waals surface area contributed by atoms with Crippen LogP contribution in [0.4, 0.5) is 11.4 Å². The molecule has 1 aromatic carbocycles. The Morgan fingerprint density at radius 2 is 1.90 bits per heavy atom. The van der Waals surface area contributed by atoms with Gasteiger partial charge < -0.3 is 10.6 Å². The number of sulfonamides is 1. The molecule has 0 amide bonds. The summed E-state index contributed by atoms with van der Waals surface area (Å²) in [5, 5.41) is 0. The van der Waals surface area contributed by atoms with Gasteiger partial charge in [0.25, 0.3) is 0 Å². The molecule has 6 heteroatoms. The van der Waals surface area contributed by atoms with Gasteiger partial charge in [-0.2, -0.15) is 0 Å². The lowest BCUT2D eigenvalue weighted by Crippen LogP contribution is -2.30. The van der Waals surface area contributed by atoms with E-state index < -0.39 is 10.0 Å². The quantitative estimate of drug-likeness (QED) is 0.841. The highest BCUT2D eigenvalue weighted by Gasteiger charge is 2.24. The van der Waals surface area contributed by atoms with Crippen molar-refractivity contribution in [1.82, 2.24) is 4.31 Å². The molecule has 1 saturated carbocycles. The SMILES string of the molecule is CN(CC1CCC1)c1cccc(S(=O)(=O)N(C)C)c1N. The molecule has 1 aromatic rings. The van der Waals surface area contributed by atoms with Crippen LogP contribution in [0.2, 0.25) is 0 Å². The highest BCUT2D eigenvalue weighted by molar-refractivity contribution is 7.89. The summed E-state index contributed by atoms with van der Waals surface area (Å²) in [6, 6.07) is 5.19. The van der Waals surface area contributed by atoms with E-state index in [1.54, 1.807) is 12.1 Å². The third-order valence-electron chi connectivity index (χ3n) is 3.97. The molecule has 1 aliphatic carbocycles. The maximum Gasteiger partial charge on any atom is 0.244 e. The van der Waals surface area contributed by atoms with Crippen molar-refractivity contribution in [2.24, 2.45) is 5.92 Å². The van der Waals surface area contributed by atoms with E-state index in [2.05, 4.69) is 4.90 Å². The normalized spacial score (nSPS) is 16.2. The number of anilines is 2. The number of nitrogens with two attached hydrogens (primary N) is 1. The van der Waals surface area contributed by atoms with E-state index in [0.717, 1.165) is 12.2 Å². The number of para-hydroxylation sites is 1. The number of hydrogen-bond acceptors (Lipinski definition) is 4. The maximum absolute atomic E-state index is 12.2. The third-order valence-corrected chi connectivity index (χ3v) is 5.84. The molecule has 0 aliphatic heterocycles. The molecule has 0 atom stereocenters. The summed E-state index contributed by atoms with van der Waals surface area (Å²) >= 11 is 0. The topological polar surface area (TPSA) is 66.6 Å². The number of benzene rings is 1. The molecule has 5 nitrogen and oxygen atoms in total. The minimum absolute atomic E-state index is 0.181.